The fourth-order valence-electron chi connectivity index (χ4n) is 9.08. The van der Waals surface area contributed by atoms with Crippen molar-refractivity contribution in [3.8, 4) is 0 Å². The molecule has 3 heteroatoms. The standard InChI is InChI=1S/C32H44O3/c1-6-15-31(23(3)33)17-14-28-26-12-11-25-20-32(34,35-21-24-9-7-22(2)8-10-24)19-18-29(25,4)27(26)13-16-30(28,31)5/h6-11,26-28,34H,1,12-21H2,2-5H3/t26-,27+,28+,29+,30+,31-,32-/m1/s1. The van der Waals surface area contributed by atoms with Gasteiger partial charge in [0.25, 0.3) is 0 Å². The molecule has 4 aliphatic rings. The van der Waals surface area contributed by atoms with Crippen LogP contribution in [-0.4, -0.2) is 16.7 Å². The highest BCUT2D eigenvalue weighted by atomic mass is 16.6. The summed E-state index contributed by atoms with van der Waals surface area (Å²) in [6.07, 6.45) is 13.1. The van der Waals surface area contributed by atoms with E-state index in [0.29, 0.717) is 43.0 Å². The molecule has 3 nitrogen and oxygen atoms in total. The maximum atomic E-state index is 13.0. The van der Waals surface area contributed by atoms with Gasteiger partial charge >= 0.3 is 0 Å². The van der Waals surface area contributed by atoms with Crippen molar-refractivity contribution in [1.82, 2.24) is 0 Å². The number of ether oxygens (including phenoxy) is 1. The topological polar surface area (TPSA) is 46.5 Å². The number of aliphatic hydroxyl groups is 1. The van der Waals surface area contributed by atoms with Crippen LogP contribution in [0.4, 0.5) is 0 Å². The van der Waals surface area contributed by atoms with Gasteiger partial charge in [0, 0.05) is 18.3 Å². The molecule has 3 fully saturated rings. The summed E-state index contributed by atoms with van der Waals surface area (Å²) in [6.45, 7) is 13.3. The molecule has 4 aliphatic carbocycles. The van der Waals surface area contributed by atoms with Crippen molar-refractivity contribution in [2.45, 2.75) is 97.9 Å². The van der Waals surface area contributed by atoms with E-state index in [1.54, 1.807) is 0 Å². The Hall–Kier alpha value is -1.71. The molecular formula is C32H44O3. The molecule has 0 radical (unpaired) electrons. The van der Waals surface area contributed by atoms with Gasteiger partial charge in [0.05, 0.1) is 6.61 Å². The third-order valence-electron chi connectivity index (χ3n) is 11.3. The molecule has 35 heavy (non-hydrogen) atoms. The number of carbonyl (C=O) groups is 1. The van der Waals surface area contributed by atoms with E-state index in [0.717, 1.165) is 44.1 Å². The lowest BCUT2D eigenvalue weighted by atomic mass is 9.45. The first-order valence-electron chi connectivity index (χ1n) is 13.8. The molecule has 0 heterocycles. The minimum atomic E-state index is -1.08. The lowest BCUT2D eigenvalue weighted by molar-refractivity contribution is -0.231. The number of hydrogen-bond acceptors (Lipinski definition) is 3. The smallest absolute Gasteiger partial charge is 0.169 e. The first kappa shape index (κ1) is 25.0. The van der Waals surface area contributed by atoms with Crippen molar-refractivity contribution < 1.29 is 14.6 Å². The normalized spacial score (nSPS) is 42.4. The third-order valence-corrected chi connectivity index (χ3v) is 11.3. The van der Waals surface area contributed by atoms with Crippen LogP contribution < -0.4 is 0 Å². The van der Waals surface area contributed by atoms with Gasteiger partial charge in [-0.2, -0.15) is 0 Å². The Morgan fingerprint density at radius 3 is 2.51 bits per heavy atom. The van der Waals surface area contributed by atoms with Gasteiger partial charge < -0.3 is 9.84 Å². The molecule has 0 amide bonds. The largest absolute Gasteiger partial charge is 0.365 e. The SMILES string of the molecule is C=CC[C@]1(C(C)=O)CC[C@H]2[C@@H]3CC=C4C[C@](O)(OCc5ccc(C)cc5)CC[C@]4(C)[C@H]3CC[C@@]21C. The van der Waals surface area contributed by atoms with Crippen molar-refractivity contribution in [2.75, 3.05) is 0 Å². The summed E-state index contributed by atoms with van der Waals surface area (Å²) >= 11 is 0. The average molecular weight is 477 g/mol. The van der Waals surface area contributed by atoms with E-state index in [4.69, 9.17) is 4.74 Å². The Morgan fingerprint density at radius 1 is 1.11 bits per heavy atom. The first-order chi connectivity index (χ1) is 16.6. The number of benzene rings is 1. The maximum Gasteiger partial charge on any atom is 0.169 e. The van der Waals surface area contributed by atoms with Crippen molar-refractivity contribution in [3.63, 3.8) is 0 Å². The van der Waals surface area contributed by atoms with Gasteiger partial charge in [-0.1, -0.05) is 61.4 Å². The number of hydrogen-bond donors (Lipinski definition) is 1. The zero-order valence-corrected chi connectivity index (χ0v) is 22.2. The van der Waals surface area contributed by atoms with E-state index in [1.165, 1.54) is 17.6 Å². The Balaban J connectivity index is 1.35. The molecule has 190 valence electrons. The summed E-state index contributed by atoms with van der Waals surface area (Å²) in [4.78, 5) is 13.0. The van der Waals surface area contributed by atoms with E-state index in [-0.39, 0.29) is 16.2 Å². The average Bonchev–Trinajstić information content (AvgIpc) is 3.13. The summed E-state index contributed by atoms with van der Waals surface area (Å²) in [6, 6.07) is 8.37. The molecule has 1 aromatic carbocycles. The lowest BCUT2D eigenvalue weighted by Crippen LogP contribution is -2.55. The second-order valence-electron chi connectivity index (χ2n) is 12.8. The van der Waals surface area contributed by atoms with Crippen LogP contribution in [0.1, 0.15) is 89.7 Å². The van der Waals surface area contributed by atoms with Crippen LogP contribution in [0.3, 0.4) is 0 Å². The maximum absolute atomic E-state index is 13.0. The molecular weight excluding hydrogens is 432 g/mol. The van der Waals surface area contributed by atoms with Crippen LogP contribution in [0, 0.1) is 40.9 Å². The number of allylic oxidation sites excluding steroid dienone is 2. The van der Waals surface area contributed by atoms with Gasteiger partial charge in [-0.15, -0.1) is 6.58 Å². The Kier molecular flexibility index (Phi) is 6.20. The predicted molar refractivity (Wildman–Crippen MR) is 141 cm³/mol. The van der Waals surface area contributed by atoms with Crippen LogP contribution in [0.5, 0.6) is 0 Å². The van der Waals surface area contributed by atoms with E-state index in [2.05, 4.69) is 57.7 Å². The zero-order chi connectivity index (χ0) is 25.1. The van der Waals surface area contributed by atoms with Crippen LogP contribution in [0.15, 0.2) is 48.6 Å². The Labute approximate surface area is 212 Å². The summed E-state index contributed by atoms with van der Waals surface area (Å²) in [5.41, 5.74) is 3.72. The van der Waals surface area contributed by atoms with Gasteiger partial charge in [-0.3, -0.25) is 4.79 Å². The van der Waals surface area contributed by atoms with E-state index < -0.39 is 5.79 Å². The fraction of sp³-hybridized carbons (Fsp3) is 0.656. The van der Waals surface area contributed by atoms with Gasteiger partial charge in [-0.25, -0.2) is 0 Å². The molecule has 1 N–H and O–H groups in total. The molecule has 0 aliphatic heterocycles. The van der Waals surface area contributed by atoms with Crippen LogP contribution in [0.25, 0.3) is 0 Å². The van der Waals surface area contributed by atoms with Crippen LogP contribution >= 0.6 is 0 Å². The predicted octanol–water partition coefficient (Wildman–Crippen LogP) is 7.31. The minimum Gasteiger partial charge on any atom is -0.365 e. The molecule has 0 spiro atoms. The van der Waals surface area contributed by atoms with Gasteiger partial charge in [-0.05, 0) is 92.9 Å². The highest BCUT2D eigenvalue weighted by Gasteiger charge is 2.65. The number of fused-ring (bicyclic) bond motifs is 5. The summed E-state index contributed by atoms with van der Waals surface area (Å²) in [5.74, 6) is 1.15. The van der Waals surface area contributed by atoms with Crippen molar-refractivity contribution in [2.24, 2.45) is 34.0 Å². The second kappa shape index (κ2) is 8.70. The first-order valence-corrected chi connectivity index (χ1v) is 13.8. The van der Waals surface area contributed by atoms with E-state index in [9.17, 15) is 9.90 Å². The third kappa shape index (κ3) is 3.80. The molecule has 0 bridgehead atoms. The highest BCUT2D eigenvalue weighted by molar-refractivity contribution is 5.84. The molecule has 0 saturated heterocycles. The monoisotopic (exact) mass is 476 g/mol. The molecule has 1 aromatic rings. The lowest BCUT2D eigenvalue weighted by Gasteiger charge is -2.60. The van der Waals surface area contributed by atoms with E-state index >= 15 is 0 Å². The summed E-state index contributed by atoms with van der Waals surface area (Å²) in [7, 11) is 0. The molecule has 0 unspecified atom stereocenters. The Bertz CT molecular complexity index is 1020. The van der Waals surface area contributed by atoms with Gasteiger partial charge in [0.1, 0.15) is 5.78 Å². The van der Waals surface area contributed by atoms with E-state index in [1.807, 2.05) is 13.0 Å². The fourth-order valence-corrected chi connectivity index (χ4v) is 9.08. The molecule has 7 atom stereocenters. The number of rotatable bonds is 6. The number of ketones is 1. The number of Topliss-reactive ketones (excluding diaryl/α,β-unsaturated/α-hetero) is 1. The van der Waals surface area contributed by atoms with Crippen LogP contribution in [-0.2, 0) is 16.1 Å². The second-order valence-corrected chi connectivity index (χ2v) is 12.8. The summed E-state index contributed by atoms with van der Waals surface area (Å²) in [5, 5.41) is 11.4. The van der Waals surface area contributed by atoms with Crippen LogP contribution in [0.2, 0.25) is 0 Å². The molecule has 3 saturated carbocycles. The van der Waals surface area contributed by atoms with Gasteiger partial charge in [0.2, 0.25) is 0 Å². The number of carbonyl (C=O) groups excluding carboxylic acids is 1. The van der Waals surface area contributed by atoms with Crippen molar-refractivity contribution >= 4 is 5.78 Å². The quantitative estimate of drug-likeness (QED) is 0.346. The zero-order valence-electron chi connectivity index (χ0n) is 22.2. The van der Waals surface area contributed by atoms with Crippen molar-refractivity contribution in [1.29, 1.82) is 0 Å². The van der Waals surface area contributed by atoms with Crippen molar-refractivity contribution in [3.05, 3.63) is 59.7 Å². The minimum absolute atomic E-state index is 0.0719. The molecule has 0 aromatic heterocycles. The molecule has 5 rings (SSSR count). The Morgan fingerprint density at radius 2 is 1.83 bits per heavy atom. The summed E-state index contributed by atoms with van der Waals surface area (Å²) < 4.78 is 6.16. The number of aryl methyl sites for hydroxylation is 1. The van der Waals surface area contributed by atoms with Gasteiger partial charge in [0.15, 0.2) is 5.79 Å². The highest BCUT2D eigenvalue weighted by Crippen LogP contribution is 2.70.